The molecule has 0 unspecified atom stereocenters. The molecule has 10 heteroatoms. The van der Waals surface area contributed by atoms with Crippen LogP contribution in [0.15, 0.2) is 41.6 Å². The summed E-state index contributed by atoms with van der Waals surface area (Å²) in [6.07, 6.45) is 4.25. The van der Waals surface area contributed by atoms with Gasteiger partial charge in [0.25, 0.3) is 0 Å². The lowest BCUT2D eigenvalue weighted by Gasteiger charge is -2.13. The number of thioether (sulfide) groups is 1. The van der Waals surface area contributed by atoms with E-state index in [1.165, 1.54) is 18.5 Å². The predicted molar refractivity (Wildman–Crippen MR) is 120 cm³/mol. The Kier molecular flexibility index (Phi) is 8.27. The molecule has 2 aromatic carbocycles. The lowest BCUT2D eigenvalue weighted by molar-refractivity contribution is -0.129. The largest absolute Gasteiger partial charge is 0.496 e. The van der Waals surface area contributed by atoms with Crippen LogP contribution in [-0.2, 0) is 4.79 Å². The Morgan fingerprint density at radius 1 is 1.23 bits per heavy atom. The smallest absolute Gasteiger partial charge is 0.243 e. The van der Waals surface area contributed by atoms with Crippen molar-refractivity contribution in [2.45, 2.75) is 30.6 Å². The van der Waals surface area contributed by atoms with Crippen molar-refractivity contribution in [1.82, 2.24) is 15.4 Å². The van der Waals surface area contributed by atoms with Crippen LogP contribution in [0.3, 0.4) is 0 Å². The zero-order valence-corrected chi connectivity index (χ0v) is 18.4. The molecule has 0 saturated carbocycles. The second-order valence-corrected chi connectivity index (χ2v) is 8.23. The van der Waals surface area contributed by atoms with Crippen LogP contribution >= 0.6 is 23.4 Å². The summed E-state index contributed by atoms with van der Waals surface area (Å²) in [6, 6.07) is 8.20. The van der Waals surface area contributed by atoms with E-state index in [1.54, 1.807) is 30.4 Å². The normalized spacial score (nSPS) is 10.8. The Labute approximate surface area is 188 Å². The second-order valence-electron chi connectivity index (χ2n) is 6.69. The van der Waals surface area contributed by atoms with E-state index in [4.69, 9.17) is 21.5 Å². The molecule has 7 nitrogen and oxygen atoms in total. The highest BCUT2D eigenvalue weighted by atomic mass is 35.5. The van der Waals surface area contributed by atoms with Crippen molar-refractivity contribution < 1.29 is 19.1 Å². The molecule has 3 rings (SSSR count). The zero-order chi connectivity index (χ0) is 22.2. The van der Waals surface area contributed by atoms with Gasteiger partial charge in [0.05, 0.1) is 22.5 Å². The topological polar surface area (TPSA) is 96.4 Å². The first-order valence-electron chi connectivity index (χ1n) is 9.62. The molecule has 0 bridgehead atoms. The number of hydroxylamine groups is 1. The standard InChI is InChI=1S/C21H22ClFN4O3S/c1-30-18-11-17-14(10-19(18)31-8-4-2-3-5-20(28)27-29)21(25-12-24-17)26-13-6-7-16(23)15(22)9-13/h6-7,9-12,29H,2-5,8H2,1H3,(H,27,28)(H,24,25,26). The maximum atomic E-state index is 13.4. The summed E-state index contributed by atoms with van der Waals surface area (Å²) in [4.78, 5) is 20.6. The number of unbranched alkanes of at least 4 members (excludes halogenated alkanes) is 2. The van der Waals surface area contributed by atoms with E-state index in [0.717, 1.165) is 28.9 Å². The number of methoxy groups -OCH3 is 1. The summed E-state index contributed by atoms with van der Waals surface area (Å²) < 4.78 is 19.0. The van der Waals surface area contributed by atoms with Gasteiger partial charge >= 0.3 is 0 Å². The van der Waals surface area contributed by atoms with Crippen LogP contribution in [0.1, 0.15) is 25.7 Å². The number of aromatic nitrogens is 2. The Bertz CT molecular complexity index is 1070. The molecule has 0 aliphatic carbocycles. The average molecular weight is 465 g/mol. The Morgan fingerprint density at radius 2 is 2.06 bits per heavy atom. The quantitative estimate of drug-likeness (QED) is 0.161. The number of carbonyl (C=O) groups is 1. The van der Waals surface area contributed by atoms with E-state index in [-0.39, 0.29) is 10.9 Å². The summed E-state index contributed by atoms with van der Waals surface area (Å²) in [7, 11) is 1.61. The van der Waals surface area contributed by atoms with Gasteiger partial charge in [-0.05, 0) is 42.9 Å². The fourth-order valence-corrected chi connectivity index (χ4v) is 4.18. The van der Waals surface area contributed by atoms with Gasteiger partial charge in [-0.1, -0.05) is 18.0 Å². The number of fused-ring (bicyclic) bond motifs is 1. The van der Waals surface area contributed by atoms with Crippen molar-refractivity contribution in [1.29, 1.82) is 0 Å². The van der Waals surface area contributed by atoms with Gasteiger partial charge in [0.1, 0.15) is 23.7 Å². The lowest BCUT2D eigenvalue weighted by atomic mass is 10.2. The highest BCUT2D eigenvalue weighted by Crippen LogP contribution is 2.36. The van der Waals surface area contributed by atoms with E-state index in [2.05, 4.69) is 15.3 Å². The van der Waals surface area contributed by atoms with E-state index in [1.807, 2.05) is 12.1 Å². The van der Waals surface area contributed by atoms with E-state index < -0.39 is 5.82 Å². The van der Waals surface area contributed by atoms with E-state index in [9.17, 15) is 9.18 Å². The van der Waals surface area contributed by atoms with E-state index in [0.29, 0.717) is 35.6 Å². The number of ether oxygens (including phenoxy) is 1. The van der Waals surface area contributed by atoms with Gasteiger partial charge in [-0.3, -0.25) is 10.0 Å². The minimum atomic E-state index is -0.486. The van der Waals surface area contributed by atoms with Gasteiger partial charge in [-0.15, -0.1) is 11.8 Å². The molecule has 3 aromatic rings. The number of benzene rings is 2. The van der Waals surface area contributed by atoms with Crippen molar-refractivity contribution in [2.24, 2.45) is 0 Å². The molecule has 1 aromatic heterocycles. The minimum absolute atomic E-state index is 0.0257. The van der Waals surface area contributed by atoms with Crippen molar-refractivity contribution in [3.05, 3.63) is 47.5 Å². The molecule has 0 aliphatic rings. The molecule has 31 heavy (non-hydrogen) atoms. The summed E-state index contributed by atoms with van der Waals surface area (Å²) in [5.41, 5.74) is 2.96. The van der Waals surface area contributed by atoms with Crippen molar-refractivity contribution >= 4 is 51.7 Å². The molecule has 0 saturated heterocycles. The summed E-state index contributed by atoms with van der Waals surface area (Å²) in [5, 5.41) is 12.5. The van der Waals surface area contributed by atoms with Crippen molar-refractivity contribution in [2.75, 3.05) is 18.2 Å². The van der Waals surface area contributed by atoms with Gasteiger partial charge < -0.3 is 10.1 Å². The summed E-state index contributed by atoms with van der Waals surface area (Å²) in [6.45, 7) is 0. The fourth-order valence-electron chi connectivity index (χ4n) is 2.95. The minimum Gasteiger partial charge on any atom is -0.496 e. The SMILES string of the molecule is COc1cc2ncnc(Nc3ccc(F)c(Cl)c3)c2cc1SCCCCCC(=O)NO. The van der Waals surface area contributed by atoms with Crippen LogP contribution in [0.2, 0.25) is 5.02 Å². The summed E-state index contributed by atoms with van der Waals surface area (Å²) in [5.74, 6) is 1.28. The van der Waals surface area contributed by atoms with Crippen molar-refractivity contribution in [3.8, 4) is 5.75 Å². The van der Waals surface area contributed by atoms with E-state index >= 15 is 0 Å². The van der Waals surface area contributed by atoms with Crippen LogP contribution < -0.4 is 15.5 Å². The highest BCUT2D eigenvalue weighted by Gasteiger charge is 2.12. The van der Waals surface area contributed by atoms with Gasteiger partial charge in [0, 0.05) is 23.6 Å². The average Bonchev–Trinajstić information content (AvgIpc) is 2.78. The first-order valence-corrected chi connectivity index (χ1v) is 11.0. The Morgan fingerprint density at radius 3 is 2.81 bits per heavy atom. The summed E-state index contributed by atoms with van der Waals surface area (Å²) >= 11 is 7.52. The molecular weight excluding hydrogens is 443 g/mol. The number of nitrogens with zero attached hydrogens (tertiary/aromatic N) is 2. The number of hydrogen-bond acceptors (Lipinski definition) is 7. The second kappa shape index (κ2) is 11.1. The number of carbonyl (C=O) groups excluding carboxylic acids is 1. The molecule has 3 N–H and O–H groups in total. The molecular formula is C21H22ClFN4O3S. The van der Waals surface area contributed by atoms with Crippen LogP contribution in [0, 0.1) is 5.82 Å². The van der Waals surface area contributed by atoms with Crippen LogP contribution in [-0.4, -0.2) is 33.9 Å². The number of amides is 1. The fraction of sp³-hybridized carbons (Fsp3) is 0.286. The van der Waals surface area contributed by atoms with Crippen molar-refractivity contribution in [3.63, 3.8) is 0 Å². The number of rotatable bonds is 10. The van der Waals surface area contributed by atoms with Gasteiger partial charge in [0.15, 0.2) is 0 Å². The molecule has 0 fully saturated rings. The van der Waals surface area contributed by atoms with Gasteiger partial charge in [-0.2, -0.15) is 0 Å². The number of anilines is 2. The van der Waals surface area contributed by atoms with Gasteiger partial charge in [0.2, 0.25) is 5.91 Å². The number of halogens is 2. The third-order valence-electron chi connectivity index (χ3n) is 4.53. The van der Waals surface area contributed by atoms with Crippen LogP contribution in [0.4, 0.5) is 15.9 Å². The first kappa shape index (κ1) is 23.1. The molecule has 0 radical (unpaired) electrons. The number of hydrogen-bond donors (Lipinski definition) is 3. The zero-order valence-electron chi connectivity index (χ0n) is 16.8. The van der Waals surface area contributed by atoms with Gasteiger partial charge in [-0.25, -0.2) is 19.8 Å². The molecule has 164 valence electrons. The van der Waals surface area contributed by atoms with Crippen LogP contribution in [0.5, 0.6) is 5.75 Å². The molecule has 0 spiro atoms. The third-order valence-corrected chi connectivity index (χ3v) is 5.95. The Balaban J connectivity index is 1.74. The maximum Gasteiger partial charge on any atom is 0.243 e. The van der Waals surface area contributed by atoms with Crippen LogP contribution in [0.25, 0.3) is 10.9 Å². The third kappa shape index (κ3) is 6.19. The molecule has 1 heterocycles. The monoisotopic (exact) mass is 464 g/mol. The molecule has 0 atom stereocenters. The molecule has 1 amide bonds. The highest BCUT2D eigenvalue weighted by molar-refractivity contribution is 7.99. The lowest BCUT2D eigenvalue weighted by Crippen LogP contribution is -2.17. The first-order chi connectivity index (χ1) is 15.0. The Hall–Kier alpha value is -2.62. The predicted octanol–water partition coefficient (Wildman–Crippen LogP) is 5.33. The molecule has 0 aliphatic heterocycles. The maximum absolute atomic E-state index is 13.4. The number of nitrogens with one attached hydrogen (secondary N) is 2.